The number of aliphatic hydroxyl groups is 1. The third-order valence-corrected chi connectivity index (χ3v) is 4.39. The molecule has 0 spiro atoms. The first-order chi connectivity index (χ1) is 15.1. The quantitative estimate of drug-likeness (QED) is 0.466. The van der Waals surface area contributed by atoms with Crippen molar-refractivity contribution in [2.45, 2.75) is 18.3 Å². The topological polar surface area (TPSA) is 104 Å². The lowest BCUT2D eigenvalue weighted by molar-refractivity contribution is -0.137. The standard InChI is InChI=1S/C21H13F4N5O2/c1-2-20(32,12-30-11-18(28-29-30)13-3-6-15(22)7-4-13)19(31)27-16-8-5-14(10-26)17(9-16)21(23,24)25/h1,3-9,11,32H,12H2,(H,27,31). The number of terminal acetylenes is 1. The monoisotopic (exact) mass is 443 g/mol. The molecular formula is C21H13F4N5O2. The first-order valence-corrected chi connectivity index (χ1v) is 8.85. The number of halogens is 4. The minimum Gasteiger partial charge on any atom is -0.368 e. The molecule has 0 fully saturated rings. The summed E-state index contributed by atoms with van der Waals surface area (Å²) in [7, 11) is 0. The zero-order chi connectivity index (χ0) is 23.5. The Labute approximate surface area is 178 Å². The van der Waals surface area contributed by atoms with Crippen LogP contribution < -0.4 is 5.32 Å². The van der Waals surface area contributed by atoms with Crippen LogP contribution in [-0.4, -0.2) is 31.6 Å². The summed E-state index contributed by atoms with van der Waals surface area (Å²) in [5.41, 5.74) is -3.85. The molecule has 0 aliphatic carbocycles. The summed E-state index contributed by atoms with van der Waals surface area (Å²) in [6.45, 7) is -0.564. The molecule has 0 bridgehead atoms. The van der Waals surface area contributed by atoms with Gasteiger partial charge in [0.15, 0.2) is 0 Å². The number of nitrogens with zero attached hydrogens (tertiary/aromatic N) is 4. The molecule has 0 aliphatic rings. The number of benzene rings is 2. The number of hydrogen-bond acceptors (Lipinski definition) is 5. The van der Waals surface area contributed by atoms with Gasteiger partial charge in [0.25, 0.3) is 5.91 Å². The Morgan fingerprint density at radius 3 is 2.50 bits per heavy atom. The summed E-state index contributed by atoms with van der Waals surface area (Å²) in [6.07, 6.45) is 1.83. The van der Waals surface area contributed by atoms with Crippen molar-refractivity contribution in [2.75, 3.05) is 5.32 Å². The first-order valence-electron chi connectivity index (χ1n) is 8.85. The smallest absolute Gasteiger partial charge is 0.368 e. The van der Waals surface area contributed by atoms with Crippen molar-refractivity contribution in [2.24, 2.45) is 0 Å². The van der Waals surface area contributed by atoms with Gasteiger partial charge in [-0.25, -0.2) is 9.07 Å². The Hall–Kier alpha value is -4.22. The van der Waals surface area contributed by atoms with E-state index in [0.717, 1.165) is 16.8 Å². The van der Waals surface area contributed by atoms with Crippen molar-refractivity contribution >= 4 is 11.6 Å². The van der Waals surface area contributed by atoms with Crippen LogP contribution in [0.4, 0.5) is 23.2 Å². The van der Waals surface area contributed by atoms with E-state index < -0.39 is 41.2 Å². The average Bonchev–Trinajstić information content (AvgIpc) is 3.21. The average molecular weight is 443 g/mol. The highest BCUT2D eigenvalue weighted by atomic mass is 19.4. The Morgan fingerprint density at radius 1 is 1.22 bits per heavy atom. The molecule has 0 radical (unpaired) electrons. The fourth-order valence-corrected chi connectivity index (χ4v) is 2.73. The molecular weight excluding hydrogens is 430 g/mol. The number of alkyl halides is 3. The molecule has 0 saturated carbocycles. The molecule has 3 rings (SSSR count). The van der Waals surface area contributed by atoms with Crippen molar-refractivity contribution in [1.82, 2.24) is 15.0 Å². The minimum absolute atomic E-state index is 0.312. The van der Waals surface area contributed by atoms with Gasteiger partial charge in [-0.3, -0.25) is 4.79 Å². The number of hydrogen-bond donors (Lipinski definition) is 2. The molecule has 1 amide bonds. The Kier molecular flexibility index (Phi) is 5.96. The third kappa shape index (κ3) is 4.74. The Bertz CT molecular complexity index is 1240. The molecule has 1 heterocycles. The lowest BCUT2D eigenvalue weighted by Gasteiger charge is -2.21. The highest BCUT2D eigenvalue weighted by molar-refractivity contribution is 5.99. The zero-order valence-corrected chi connectivity index (χ0v) is 16.1. The summed E-state index contributed by atoms with van der Waals surface area (Å²) in [5.74, 6) is 0.270. The highest BCUT2D eigenvalue weighted by Gasteiger charge is 2.37. The van der Waals surface area contributed by atoms with Crippen LogP contribution in [0, 0.1) is 29.5 Å². The van der Waals surface area contributed by atoms with Gasteiger partial charge in [-0.2, -0.15) is 18.4 Å². The molecule has 162 valence electrons. The zero-order valence-electron chi connectivity index (χ0n) is 16.1. The van der Waals surface area contributed by atoms with Crippen molar-refractivity contribution in [3.05, 3.63) is 65.6 Å². The van der Waals surface area contributed by atoms with Gasteiger partial charge in [0.05, 0.1) is 29.9 Å². The van der Waals surface area contributed by atoms with Crippen LogP contribution >= 0.6 is 0 Å². The number of anilines is 1. The van der Waals surface area contributed by atoms with Gasteiger partial charge < -0.3 is 10.4 Å². The lowest BCUT2D eigenvalue weighted by atomic mass is 10.0. The molecule has 0 saturated heterocycles. The van der Waals surface area contributed by atoms with Gasteiger partial charge in [0.1, 0.15) is 11.5 Å². The van der Waals surface area contributed by atoms with E-state index in [2.05, 4.69) is 15.6 Å². The van der Waals surface area contributed by atoms with E-state index in [1.807, 2.05) is 5.92 Å². The predicted molar refractivity (Wildman–Crippen MR) is 104 cm³/mol. The second kappa shape index (κ2) is 8.49. The van der Waals surface area contributed by atoms with Gasteiger partial charge >= 0.3 is 6.18 Å². The van der Waals surface area contributed by atoms with E-state index in [1.165, 1.54) is 36.5 Å². The largest absolute Gasteiger partial charge is 0.417 e. The number of carbonyl (C=O) groups is 1. The molecule has 3 aromatic rings. The minimum atomic E-state index is -4.83. The number of nitrogens with one attached hydrogen (secondary N) is 1. The van der Waals surface area contributed by atoms with E-state index in [0.29, 0.717) is 17.3 Å². The maximum atomic E-state index is 13.1. The molecule has 2 aromatic carbocycles. The molecule has 1 atom stereocenters. The van der Waals surface area contributed by atoms with E-state index >= 15 is 0 Å². The predicted octanol–water partition coefficient (Wildman–Crippen LogP) is 2.98. The number of amides is 1. The maximum absolute atomic E-state index is 13.1. The fraction of sp³-hybridized carbons (Fsp3) is 0.143. The summed E-state index contributed by atoms with van der Waals surface area (Å²) in [4.78, 5) is 12.5. The maximum Gasteiger partial charge on any atom is 0.417 e. The number of rotatable bonds is 5. The third-order valence-electron chi connectivity index (χ3n) is 4.39. The van der Waals surface area contributed by atoms with Gasteiger partial charge in [-0.15, -0.1) is 11.5 Å². The number of aromatic nitrogens is 3. The van der Waals surface area contributed by atoms with Crippen LogP contribution in [0.25, 0.3) is 11.3 Å². The van der Waals surface area contributed by atoms with Crippen LogP contribution in [0.2, 0.25) is 0 Å². The van der Waals surface area contributed by atoms with Gasteiger partial charge in [-0.05, 0) is 42.5 Å². The molecule has 1 unspecified atom stereocenters. The summed E-state index contributed by atoms with van der Waals surface area (Å²) in [5, 5.41) is 29.2. The van der Waals surface area contributed by atoms with Gasteiger partial charge in [0, 0.05) is 11.3 Å². The van der Waals surface area contributed by atoms with Crippen LogP contribution in [0.5, 0.6) is 0 Å². The normalized spacial score (nSPS) is 13.0. The van der Waals surface area contributed by atoms with Crippen molar-refractivity contribution in [1.29, 1.82) is 5.26 Å². The van der Waals surface area contributed by atoms with Crippen molar-refractivity contribution < 1.29 is 27.5 Å². The van der Waals surface area contributed by atoms with Crippen LogP contribution in [0.15, 0.2) is 48.7 Å². The molecule has 7 nitrogen and oxygen atoms in total. The van der Waals surface area contributed by atoms with Crippen molar-refractivity contribution in [3.8, 4) is 29.7 Å². The van der Waals surface area contributed by atoms with E-state index in [-0.39, 0.29) is 5.69 Å². The number of carbonyl (C=O) groups excluding carboxylic acids is 1. The molecule has 11 heteroatoms. The lowest BCUT2D eigenvalue weighted by Crippen LogP contribution is -2.45. The van der Waals surface area contributed by atoms with Crippen LogP contribution in [0.3, 0.4) is 0 Å². The van der Waals surface area contributed by atoms with Gasteiger partial charge in [0.2, 0.25) is 5.60 Å². The van der Waals surface area contributed by atoms with Crippen molar-refractivity contribution in [3.63, 3.8) is 0 Å². The second-order valence-electron chi connectivity index (χ2n) is 6.64. The Balaban J connectivity index is 1.81. The molecule has 1 aromatic heterocycles. The van der Waals surface area contributed by atoms with Crippen LogP contribution in [0.1, 0.15) is 11.1 Å². The molecule has 0 aliphatic heterocycles. The number of nitriles is 1. The van der Waals surface area contributed by atoms with E-state index in [1.54, 1.807) is 0 Å². The molecule has 32 heavy (non-hydrogen) atoms. The molecule has 2 N–H and O–H groups in total. The van der Waals surface area contributed by atoms with E-state index in [4.69, 9.17) is 11.7 Å². The summed E-state index contributed by atoms with van der Waals surface area (Å²) in [6, 6.07) is 9.28. The van der Waals surface area contributed by atoms with Crippen LogP contribution in [-0.2, 0) is 17.5 Å². The Morgan fingerprint density at radius 2 is 1.91 bits per heavy atom. The summed E-state index contributed by atoms with van der Waals surface area (Å²) < 4.78 is 53.5. The second-order valence-corrected chi connectivity index (χ2v) is 6.64. The summed E-state index contributed by atoms with van der Waals surface area (Å²) >= 11 is 0. The first kappa shape index (κ1) is 22.5. The highest BCUT2D eigenvalue weighted by Crippen LogP contribution is 2.33. The SMILES string of the molecule is C#CC(O)(Cn1cc(-c2ccc(F)cc2)nn1)C(=O)Nc1ccc(C#N)c(C(F)(F)F)c1. The fourth-order valence-electron chi connectivity index (χ4n) is 2.73. The van der Waals surface area contributed by atoms with E-state index in [9.17, 15) is 27.5 Å². The van der Waals surface area contributed by atoms with Gasteiger partial charge in [-0.1, -0.05) is 11.1 Å².